The molecule has 0 rings (SSSR count). The third-order valence-electron chi connectivity index (χ3n) is 1.96. The Morgan fingerprint density at radius 2 is 2.00 bits per heavy atom. The van der Waals surface area contributed by atoms with E-state index in [0.717, 1.165) is 0 Å². The molecule has 0 aliphatic heterocycles. The van der Waals surface area contributed by atoms with Gasteiger partial charge in [-0.3, -0.25) is 0 Å². The van der Waals surface area contributed by atoms with Gasteiger partial charge in [0.1, 0.15) is 9.84 Å². The molecule has 6 heteroatoms. The van der Waals surface area contributed by atoms with Crippen LogP contribution in [0.1, 0.15) is 6.42 Å². The van der Waals surface area contributed by atoms with Crippen molar-refractivity contribution in [1.29, 1.82) is 0 Å². The van der Waals surface area contributed by atoms with Crippen LogP contribution in [-0.4, -0.2) is 63.2 Å². The van der Waals surface area contributed by atoms with Crippen molar-refractivity contribution in [3.8, 4) is 0 Å². The molecule has 0 fully saturated rings. The third-order valence-corrected chi connectivity index (χ3v) is 2.88. The largest absolute Gasteiger partial charge is 0.395 e. The molecule has 0 aromatic heterocycles. The summed E-state index contributed by atoms with van der Waals surface area (Å²) in [6, 6.07) is -0.212. The van der Waals surface area contributed by atoms with E-state index in [9.17, 15) is 8.42 Å². The Labute approximate surface area is 85.8 Å². The summed E-state index contributed by atoms with van der Waals surface area (Å²) in [6.07, 6.45) is 1.90. The van der Waals surface area contributed by atoms with Crippen LogP contribution in [0, 0.1) is 0 Å². The second kappa shape index (κ2) is 6.34. The molecule has 1 unspecified atom stereocenters. The summed E-state index contributed by atoms with van der Waals surface area (Å²) in [5.74, 6) is 0.165. The van der Waals surface area contributed by atoms with Gasteiger partial charge in [-0.2, -0.15) is 0 Å². The molecule has 0 aliphatic carbocycles. The van der Waals surface area contributed by atoms with Gasteiger partial charge in [-0.05, 0) is 20.0 Å². The smallest absolute Gasteiger partial charge is 0.148 e. The molecule has 86 valence electrons. The SMILES string of the molecule is CN(CCC(N)CO)CCS(C)(=O)=O. The predicted octanol–water partition coefficient (Wildman–Crippen LogP) is -1.33. The number of sulfone groups is 1. The van der Waals surface area contributed by atoms with Crippen molar-refractivity contribution >= 4 is 9.84 Å². The second-order valence-corrected chi connectivity index (χ2v) is 5.92. The predicted molar refractivity (Wildman–Crippen MR) is 56.9 cm³/mol. The fraction of sp³-hybridized carbons (Fsp3) is 1.00. The normalized spacial score (nSPS) is 14.6. The van der Waals surface area contributed by atoms with Gasteiger partial charge in [-0.25, -0.2) is 8.42 Å². The highest BCUT2D eigenvalue weighted by molar-refractivity contribution is 7.90. The summed E-state index contributed by atoms with van der Waals surface area (Å²) < 4.78 is 21.7. The van der Waals surface area contributed by atoms with E-state index in [2.05, 4.69) is 0 Å². The van der Waals surface area contributed by atoms with Crippen molar-refractivity contribution in [3.05, 3.63) is 0 Å². The van der Waals surface area contributed by atoms with Gasteiger partial charge < -0.3 is 15.7 Å². The molecule has 5 nitrogen and oxygen atoms in total. The first kappa shape index (κ1) is 13.8. The average molecular weight is 224 g/mol. The lowest BCUT2D eigenvalue weighted by molar-refractivity contribution is 0.243. The Balaban J connectivity index is 3.61. The topological polar surface area (TPSA) is 83.6 Å². The number of aliphatic hydroxyl groups is 1. The van der Waals surface area contributed by atoms with E-state index in [4.69, 9.17) is 10.8 Å². The van der Waals surface area contributed by atoms with Crippen LogP contribution in [0.5, 0.6) is 0 Å². The summed E-state index contributed by atoms with van der Waals surface area (Å²) in [7, 11) is -1.04. The number of aliphatic hydroxyl groups excluding tert-OH is 1. The lowest BCUT2D eigenvalue weighted by Crippen LogP contribution is -2.32. The van der Waals surface area contributed by atoms with Crippen LogP contribution in [0.25, 0.3) is 0 Å². The van der Waals surface area contributed by atoms with Crippen molar-refractivity contribution in [2.24, 2.45) is 5.73 Å². The zero-order valence-electron chi connectivity index (χ0n) is 8.81. The first-order valence-electron chi connectivity index (χ1n) is 4.58. The van der Waals surface area contributed by atoms with E-state index in [0.29, 0.717) is 19.5 Å². The van der Waals surface area contributed by atoms with Crippen LogP contribution in [0.3, 0.4) is 0 Å². The molecular weight excluding hydrogens is 204 g/mol. The standard InChI is InChI=1S/C8H20N2O3S/c1-10(4-3-8(9)7-11)5-6-14(2,12)13/h8,11H,3-7,9H2,1-2H3. The molecule has 3 N–H and O–H groups in total. The van der Waals surface area contributed by atoms with Crippen molar-refractivity contribution in [3.63, 3.8) is 0 Å². The van der Waals surface area contributed by atoms with Gasteiger partial charge in [0.2, 0.25) is 0 Å². The van der Waals surface area contributed by atoms with Gasteiger partial charge in [0.05, 0.1) is 12.4 Å². The highest BCUT2D eigenvalue weighted by atomic mass is 32.2. The minimum atomic E-state index is -2.89. The monoisotopic (exact) mass is 224 g/mol. The summed E-state index contributed by atoms with van der Waals surface area (Å²) in [5, 5.41) is 8.67. The number of nitrogens with zero attached hydrogens (tertiary/aromatic N) is 1. The van der Waals surface area contributed by atoms with E-state index < -0.39 is 9.84 Å². The van der Waals surface area contributed by atoms with E-state index in [1.54, 1.807) is 0 Å². The van der Waals surface area contributed by atoms with Gasteiger partial charge in [-0.1, -0.05) is 0 Å². The molecule has 0 heterocycles. The van der Waals surface area contributed by atoms with Crippen LogP contribution in [-0.2, 0) is 9.84 Å². The molecule has 0 amide bonds. The fourth-order valence-electron chi connectivity index (χ4n) is 0.911. The maximum Gasteiger partial charge on any atom is 0.148 e. The van der Waals surface area contributed by atoms with Crippen LogP contribution in [0.15, 0.2) is 0 Å². The van der Waals surface area contributed by atoms with Crippen molar-refractivity contribution in [2.75, 3.05) is 38.8 Å². The first-order chi connectivity index (χ1) is 6.35. The fourth-order valence-corrected chi connectivity index (χ4v) is 1.55. The van der Waals surface area contributed by atoms with Crippen LogP contribution in [0.4, 0.5) is 0 Å². The summed E-state index contributed by atoms with van der Waals surface area (Å²) in [6.45, 7) is 1.19. The van der Waals surface area contributed by atoms with Gasteiger partial charge in [0.15, 0.2) is 0 Å². The summed E-state index contributed by atoms with van der Waals surface area (Å²) in [4.78, 5) is 1.90. The molecule has 1 atom stereocenters. The zero-order valence-corrected chi connectivity index (χ0v) is 9.63. The van der Waals surface area contributed by atoms with Gasteiger partial charge in [0.25, 0.3) is 0 Å². The van der Waals surface area contributed by atoms with Crippen LogP contribution >= 0.6 is 0 Å². The number of nitrogens with two attached hydrogens (primary N) is 1. The van der Waals surface area contributed by atoms with Crippen molar-refractivity contribution < 1.29 is 13.5 Å². The second-order valence-electron chi connectivity index (χ2n) is 3.66. The molecule has 14 heavy (non-hydrogen) atoms. The maximum atomic E-state index is 10.8. The molecule has 0 radical (unpaired) electrons. The average Bonchev–Trinajstić information content (AvgIpc) is 2.09. The lowest BCUT2D eigenvalue weighted by atomic mass is 10.2. The minimum absolute atomic E-state index is 0.0279. The lowest BCUT2D eigenvalue weighted by Gasteiger charge is -2.17. The number of rotatable bonds is 7. The van der Waals surface area contributed by atoms with Gasteiger partial charge in [-0.15, -0.1) is 0 Å². The van der Waals surface area contributed by atoms with Crippen molar-refractivity contribution in [2.45, 2.75) is 12.5 Å². The first-order valence-corrected chi connectivity index (χ1v) is 6.64. The van der Waals surface area contributed by atoms with Gasteiger partial charge >= 0.3 is 0 Å². The Morgan fingerprint density at radius 3 is 2.43 bits per heavy atom. The minimum Gasteiger partial charge on any atom is -0.395 e. The Bertz CT molecular complexity index is 241. The van der Waals surface area contributed by atoms with E-state index >= 15 is 0 Å². The summed E-state index contributed by atoms with van der Waals surface area (Å²) >= 11 is 0. The van der Waals surface area contributed by atoms with E-state index in [1.165, 1.54) is 6.26 Å². The number of hydrogen-bond donors (Lipinski definition) is 2. The molecule has 0 bridgehead atoms. The molecule has 0 spiro atoms. The molecule has 0 saturated heterocycles. The van der Waals surface area contributed by atoms with Gasteiger partial charge in [0, 0.05) is 18.8 Å². The molecular formula is C8H20N2O3S. The Kier molecular flexibility index (Phi) is 6.26. The number of hydrogen-bond acceptors (Lipinski definition) is 5. The molecule has 0 saturated carbocycles. The highest BCUT2D eigenvalue weighted by Crippen LogP contribution is 1.93. The van der Waals surface area contributed by atoms with E-state index in [-0.39, 0.29) is 18.4 Å². The highest BCUT2D eigenvalue weighted by Gasteiger charge is 2.07. The van der Waals surface area contributed by atoms with E-state index in [1.807, 2.05) is 11.9 Å². The maximum absolute atomic E-state index is 10.8. The Morgan fingerprint density at radius 1 is 1.43 bits per heavy atom. The van der Waals surface area contributed by atoms with Crippen LogP contribution < -0.4 is 5.73 Å². The third kappa shape index (κ3) is 8.43. The van der Waals surface area contributed by atoms with Crippen molar-refractivity contribution in [1.82, 2.24) is 4.90 Å². The quantitative estimate of drug-likeness (QED) is 0.560. The molecule has 0 aromatic rings. The zero-order chi connectivity index (χ0) is 11.2. The summed E-state index contributed by atoms with van der Waals surface area (Å²) in [5.41, 5.74) is 5.51. The van der Waals surface area contributed by atoms with Crippen LogP contribution in [0.2, 0.25) is 0 Å². The Hall–Kier alpha value is -0.170. The molecule has 0 aliphatic rings. The molecule has 0 aromatic carbocycles.